The van der Waals surface area contributed by atoms with Crippen LogP contribution in [0.3, 0.4) is 0 Å². The maximum Gasteiger partial charge on any atom is 0.304 e. The van der Waals surface area contributed by atoms with Crippen molar-refractivity contribution < 1.29 is 14.3 Å². The van der Waals surface area contributed by atoms with Crippen LogP contribution in [0.1, 0.15) is 30.0 Å². The van der Waals surface area contributed by atoms with Gasteiger partial charge in [-0.15, -0.1) is 0 Å². The first-order chi connectivity index (χ1) is 9.10. The third-order valence-electron chi connectivity index (χ3n) is 3.81. The summed E-state index contributed by atoms with van der Waals surface area (Å²) in [5.74, 6) is -1.06. The number of halogens is 1. The zero-order valence-electron chi connectivity index (χ0n) is 10.4. The molecule has 0 amide bonds. The van der Waals surface area contributed by atoms with Crippen LogP contribution in [0.25, 0.3) is 17.0 Å². The summed E-state index contributed by atoms with van der Waals surface area (Å²) in [7, 11) is 0. The zero-order chi connectivity index (χ0) is 13.6. The zero-order valence-corrected chi connectivity index (χ0v) is 10.4. The van der Waals surface area contributed by atoms with E-state index in [1.807, 2.05) is 10.6 Å². The van der Waals surface area contributed by atoms with Gasteiger partial charge in [0.15, 0.2) is 0 Å². The minimum absolute atomic E-state index is 0.0191. The van der Waals surface area contributed by atoms with Crippen molar-refractivity contribution in [3.8, 4) is 0 Å². The predicted octanol–water partition coefficient (Wildman–Crippen LogP) is 3.39. The Hall–Kier alpha value is -2.10. The SMILES string of the molecule is C=Cc1cc(F)cc2c1cc1n2CCC1CC(=O)O. The Morgan fingerprint density at radius 1 is 1.53 bits per heavy atom. The third-order valence-corrected chi connectivity index (χ3v) is 3.81. The fourth-order valence-corrected chi connectivity index (χ4v) is 2.98. The van der Waals surface area contributed by atoms with E-state index in [-0.39, 0.29) is 18.2 Å². The van der Waals surface area contributed by atoms with E-state index in [4.69, 9.17) is 5.11 Å². The van der Waals surface area contributed by atoms with Gasteiger partial charge in [0.25, 0.3) is 0 Å². The van der Waals surface area contributed by atoms with Gasteiger partial charge >= 0.3 is 5.97 Å². The third kappa shape index (κ3) is 1.84. The summed E-state index contributed by atoms with van der Waals surface area (Å²) in [6.45, 7) is 4.45. The molecule has 2 heterocycles. The van der Waals surface area contributed by atoms with Crippen LogP contribution >= 0.6 is 0 Å². The van der Waals surface area contributed by atoms with Crippen molar-refractivity contribution >= 4 is 22.9 Å². The van der Waals surface area contributed by atoms with Crippen molar-refractivity contribution in [2.45, 2.75) is 25.3 Å². The van der Waals surface area contributed by atoms with Gasteiger partial charge in [-0.1, -0.05) is 12.7 Å². The first-order valence-corrected chi connectivity index (χ1v) is 6.27. The highest BCUT2D eigenvalue weighted by atomic mass is 19.1. The molecule has 98 valence electrons. The summed E-state index contributed by atoms with van der Waals surface area (Å²) < 4.78 is 15.6. The summed E-state index contributed by atoms with van der Waals surface area (Å²) in [6.07, 6.45) is 2.56. The lowest BCUT2D eigenvalue weighted by Gasteiger charge is -2.04. The molecule has 3 nitrogen and oxygen atoms in total. The molecule has 0 spiro atoms. The van der Waals surface area contributed by atoms with Crippen LogP contribution in [0.15, 0.2) is 24.8 Å². The molecule has 1 aromatic carbocycles. The summed E-state index contributed by atoms with van der Waals surface area (Å²) in [5, 5.41) is 9.88. The molecule has 1 N–H and O–H groups in total. The molecule has 0 bridgehead atoms. The lowest BCUT2D eigenvalue weighted by atomic mass is 9.99. The maximum absolute atomic E-state index is 13.6. The van der Waals surface area contributed by atoms with Crippen LogP contribution in [0.2, 0.25) is 0 Å². The Balaban J connectivity index is 2.18. The molecule has 1 aliphatic rings. The molecule has 0 fully saturated rings. The number of carboxylic acid groups (broad SMARTS) is 1. The van der Waals surface area contributed by atoms with Gasteiger partial charge in [-0.3, -0.25) is 4.79 Å². The molecule has 0 aliphatic carbocycles. The molecule has 2 aromatic rings. The molecule has 1 atom stereocenters. The van der Waals surface area contributed by atoms with Gasteiger partial charge in [-0.25, -0.2) is 4.39 Å². The Labute approximate surface area is 110 Å². The number of hydrogen-bond acceptors (Lipinski definition) is 1. The highest BCUT2D eigenvalue weighted by Gasteiger charge is 2.27. The number of aliphatic carboxylic acids is 1. The highest BCUT2D eigenvalue weighted by molar-refractivity contribution is 5.90. The summed E-state index contributed by atoms with van der Waals surface area (Å²) >= 11 is 0. The molecule has 3 rings (SSSR count). The van der Waals surface area contributed by atoms with Gasteiger partial charge in [0.1, 0.15) is 5.82 Å². The minimum Gasteiger partial charge on any atom is -0.481 e. The quantitative estimate of drug-likeness (QED) is 0.918. The molecule has 0 radical (unpaired) electrons. The first kappa shape index (κ1) is 12.0. The van der Waals surface area contributed by atoms with E-state index in [9.17, 15) is 9.18 Å². The number of aryl methyl sites for hydroxylation is 1. The van der Waals surface area contributed by atoms with Crippen molar-refractivity contribution in [1.82, 2.24) is 4.57 Å². The van der Waals surface area contributed by atoms with Crippen LogP contribution in [0.5, 0.6) is 0 Å². The van der Waals surface area contributed by atoms with E-state index in [0.29, 0.717) is 0 Å². The average Bonchev–Trinajstić information content (AvgIpc) is 2.89. The van der Waals surface area contributed by atoms with Gasteiger partial charge < -0.3 is 9.67 Å². The number of aromatic nitrogens is 1. The van der Waals surface area contributed by atoms with Crippen LogP contribution in [-0.2, 0) is 11.3 Å². The van der Waals surface area contributed by atoms with E-state index in [1.54, 1.807) is 6.08 Å². The number of nitrogens with zero attached hydrogens (tertiary/aromatic N) is 1. The lowest BCUT2D eigenvalue weighted by Crippen LogP contribution is -2.02. The minimum atomic E-state index is -0.793. The maximum atomic E-state index is 13.6. The van der Waals surface area contributed by atoms with E-state index in [0.717, 1.165) is 35.1 Å². The smallest absolute Gasteiger partial charge is 0.304 e. The Bertz CT molecular complexity index is 687. The van der Waals surface area contributed by atoms with Crippen molar-refractivity contribution in [3.05, 3.63) is 41.9 Å². The number of benzene rings is 1. The van der Waals surface area contributed by atoms with Crippen molar-refractivity contribution in [2.75, 3.05) is 0 Å². The monoisotopic (exact) mass is 259 g/mol. The predicted molar refractivity (Wildman–Crippen MR) is 71.6 cm³/mol. The Morgan fingerprint density at radius 2 is 2.32 bits per heavy atom. The van der Waals surface area contributed by atoms with E-state index < -0.39 is 5.97 Å². The number of carboxylic acids is 1. The van der Waals surface area contributed by atoms with Gasteiger partial charge in [0, 0.05) is 23.5 Å². The molecule has 19 heavy (non-hydrogen) atoms. The second-order valence-electron chi connectivity index (χ2n) is 4.94. The summed E-state index contributed by atoms with van der Waals surface area (Å²) in [4.78, 5) is 10.9. The molecular formula is C15H14FNO2. The van der Waals surface area contributed by atoms with Crippen LogP contribution < -0.4 is 0 Å². The van der Waals surface area contributed by atoms with Crippen molar-refractivity contribution in [1.29, 1.82) is 0 Å². The largest absolute Gasteiger partial charge is 0.481 e. The van der Waals surface area contributed by atoms with Crippen LogP contribution in [0, 0.1) is 5.82 Å². The highest BCUT2D eigenvalue weighted by Crippen LogP contribution is 2.37. The normalized spacial score (nSPS) is 17.6. The van der Waals surface area contributed by atoms with Crippen LogP contribution in [-0.4, -0.2) is 15.6 Å². The van der Waals surface area contributed by atoms with E-state index in [1.165, 1.54) is 12.1 Å². The molecular weight excluding hydrogens is 245 g/mol. The standard InChI is InChI=1S/C15H14FNO2/c1-2-9-5-11(16)7-14-12(9)8-13-10(6-15(18)19)3-4-17(13)14/h2,5,7-8,10H,1,3-4,6H2,(H,18,19). The second-order valence-corrected chi connectivity index (χ2v) is 4.94. The Morgan fingerprint density at radius 3 is 3.00 bits per heavy atom. The number of carbonyl (C=O) groups is 1. The topological polar surface area (TPSA) is 42.2 Å². The van der Waals surface area contributed by atoms with Crippen molar-refractivity contribution in [3.63, 3.8) is 0 Å². The molecule has 1 unspecified atom stereocenters. The fourth-order valence-electron chi connectivity index (χ4n) is 2.98. The molecule has 4 heteroatoms. The fraction of sp³-hybridized carbons (Fsp3) is 0.267. The second kappa shape index (κ2) is 4.23. The van der Waals surface area contributed by atoms with E-state index >= 15 is 0 Å². The lowest BCUT2D eigenvalue weighted by molar-refractivity contribution is -0.137. The van der Waals surface area contributed by atoms with Gasteiger partial charge in [-0.2, -0.15) is 0 Å². The summed E-state index contributed by atoms with van der Waals surface area (Å²) in [6, 6.07) is 4.94. The van der Waals surface area contributed by atoms with Crippen LogP contribution in [0.4, 0.5) is 4.39 Å². The number of fused-ring (bicyclic) bond motifs is 3. The number of rotatable bonds is 3. The number of hydrogen-bond donors (Lipinski definition) is 1. The van der Waals surface area contributed by atoms with Gasteiger partial charge in [-0.05, 0) is 30.2 Å². The van der Waals surface area contributed by atoms with Crippen molar-refractivity contribution in [2.24, 2.45) is 0 Å². The molecule has 1 aromatic heterocycles. The first-order valence-electron chi connectivity index (χ1n) is 6.27. The van der Waals surface area contributed by atoms with Gasteiger partial charge in [0.2, 0.25) is 0 Å². The Kier molecular flexibility index (Phi) is 2.66. The van der Waals surface area contributed by atoms with E-state index in [2.05, 4.69) is 6.58 Å². The summed E-state index contributed by atoms with van der Waals surface area (Å²) in [5.41, 5.74) is 2.58. The molecule has 0 saturated carbocycles. The molecule has 0 saturated heterocycles. The average molecular weight is 259 g/mol. The van der Waals surface area contributed by atoms with Gasteiger partial charge in [0.05, 0.1) is 11.9 Å². The molecule has 1 aliphatic heterocycles.